The van der Waals surface area contributed by atoms with Crippen LogP contribution in [0.15, 0.2) is 322 Å². The van der Waals surface area contributed by atoms with Crippen molar-refractivity contribution in [3.8, 4) is 79.8 Å². The number of anilines is 18. The Labute approximate surface area is 867 Å². The number of pyridine rings is 1. The second kappa shape index (κ2) is 54.4. The highest BCUT2D eigenvalue weighted by molar-refractivity contribution is 5.71. The highest BCUT2D eigenvalue weighted by atomic mass is 19.1. The molecule has 1 saturated carbocycles. The van der Waals surface area contributed by atoms with Crippen LogP contribution in [0.5, 0.6) is 11.5 Å². The van der Waals surface area contributed by atoms with Gasteiger partial charge in [0.1, 0.15) is 23.1 Å². The zero-order valence-electron chi connectivity index (χ0n) is 85.7. The van der Waals surface area contributed by atoms with Crippen molar-refractivity contribution in [2.24, 2.45) is 0 Å². The minimum atomic E-state index is -0.729. The van der Waals surface area contributed by atoms with E-state index in [9.17, 15) is 8.78 Å². The van der Waals surface area contributed by atoms with Crippen LogP contribution in [0.25, 0.3) is 68.3 Å². The summed E-state index contributed by atoms with van der Waals surface area (Å²) in [6.45, 7) is 24.4. The SMILES string of the molecule is CC(C)Nc1nc(Nc2ccccc2)nc(-c2ccc(F)cc2F)n1.CC(C)Nc1nc(Nc2ccccc2)nc(-c2cccnc2)n1.COc1ccc(-c2nc(Nc3ccccc3)nc(NC(C)C)n2)cc1.COc1cccc(-c2nc(Nc3ccccc3)nc(NC(C)C)n2)c1.Cc1cccc(C)c1-c1nc(Nc2ccccc2)nc(NC(C)C)n1.c1ccc(Nc2nc(NC3CCCCC3)nc(-c3ccccc3)n2)cc1. The third-order valence-electron chi connectivity index (χ3n) is 21.5. The number of rotatable bonds is 32. The Hall–Kier alpha value is -18.3. The van der Waals surface area contributed by atoms with Crippen LogP contribution in [0.1, 0.15) is 112 Å². The Morgan fingerprint density at radius 2 is 0.564 bits per heavy atom. The number of aryl methyl sites for hydroxylation is 2. The second-order valence-corrected chi connectivity index (χ2v) is 35.7. The lowest BCUT2D eigenvalue weighted by molar-refractivity contribution is 0.415. The summed E-state index contributed by atoms with van der Waals surface area (Å²) in [5, 5.41) is 38.8. The summed E-state index contributed by atoms with van der Waals surface area (Å²) in [7, 11) is 3.28. The van der Waals surface area contributed by atoms with E-state index in [4.69, 9.17) is 9.47 Å². The number of ether oxygens (including phenoxy) is 2. The van der Waals surface area contributed by atoms with Gasteiger partial charge < -0.3 is 73.3 Å². The largest absolute Gasteiger partial charge is 0.497 e. The molecule has 0 bridgehead atoms. The maximum atomic E-state index is 14.1. The molecule has 11 aromatic carbocycles. The average molecular weight is 2000 g/mol. The van der Waals surface area contributed by atoms with E-state index in [0.29, 0.717) is 101 Å². The van der Waals surface area contributed by atoms with Crippen LogP contribution in [0.3, 0.4) is 0 Å². The molecule has 0 saturated heterocycles. The number of hydrogen-bond donors (Lipinski definition) is 12. The van der Waals surface area contributed by atoms with Crippen molar-refractivity contribution in [3.63, 3.8) is 0 Å². The smallest absolute Gasteiger partial charge is 0.232 e. The standard InChI is InChI=1S/C21H23N5.C20H23N5.2C19H21N5O.C18H17F2N5.C17H18N6/c1-4-10-16(11-5-1)19-24-20(22-17-12-6-2-7-13-17)26-21(25-19)23-18-14-8-3-9-15-18;1-13(2)21-19-23-18(17-14(3)9-8-10-15(17)4)24-20(25-19)22-16-11-6-5-7-12-16;1-13(2)20-18-22-17(14-8-7-11-16(12-14)25-3)23-19(24-18)21-15-9-5-4-6-10-15;1-13(2)20-18-22-17(14-9-11-16(25-3)12-10-14)23-19(24-18)21-15-7-5-4-6-8-15;1-11(2)21-17-23-16(14-9-8-12(19)10-15(14)20)24-18(25-17)22-13-6-4-3-5-7-13;1-12(2)19-16-21-15(13-7-6-10-18-11-13)22-17(23-16)20-14-8-4-3-5-9-14/h1-2,4-7,10-13,18H,3,8-9,14-15H2,(H2,22,23,24,25,26);5-13H,1-4H3,(H2,21,22,23,24,25);2*4-13H,1-3H3,(H2,20,21,22,23,24);3-11H,1-2H3,(H2,21,22,23,24,25);3-12H,1-2H3,(H2,19,20,21,22,23). The predicted octanol–water partition coefficient (Wildman–Crippen LogP) is 25.8. The number of benzene rings is 11. The van der Waals surface area contributed by atoms with Crippen LogP contribution in [-0.2, 0) is 0 Å². The Morgan fingerprint density at radius 3 is 0.926 bits per heavy atom. The minimum absolute atomic E-state index is 0.0814. The molecule has 33 nitrogen and oxygen atoms in total. The Morgan fingerprint density at radius 1 is 0.262 bits per heavy atom. The van der Waals surface area contributed by atoms with E-state index in [0.717, 1.165) is 90.6 Å². The molecular formula is C114H123F2N31O2. The molecule has 0 atom stereocenters. The van der Waals surface area contributed by atoms with Crippen LogP contribution < -0.4 is 73.3 Å². The lowest BCUT2D eigenvalue weighted by atomic mass is 9.96. The number of para-hydroxylation sites is 6. The van der Waals surface area contributed by atoms with Crippen LogP contribution in [0.4, 0.5) is 114 Å². The molecule has 0 aliphatic heterocycles. The summed E-state index contributed by atoms with van der Waals surface area (Å²) in [6, 6.07) is 98.6. The number of halogens is 2. The fraction of sp³-hybridized carbons (Fsp3) is 0.219. The number of nitrogens with zero attached hydrogens (tertiary/aromatic N) is 19. The van der Waals surface area contributed by atoms with E-state index in [-0.39, 0.29) is 47.5 Å². The van der Waals surface area contributed by atoms with Crippen LogP contribution in [0.2, 0.25) is 0 Å². The van der Waals surface area contributed by atoms with Gasteiger partial charge in [-0.15, -0.1) is 0 Å². The second-order valence-electron chi connectivity index (χ2n) is 35.7. The van der Waals surface area contributed by atoms with Gasteiger partial charge in [0, 0.05) is 117 Å². The van der Waals surface area contributed by atoms with Crippen molar-refractivity contribution in [1.82, 2.24) is 94.7 Å². The van der Waals surface area contributed by atoms with Crippen molar-refractivity contribution < 1.29 is 18.3 Å². The first kappa shape index (κ1) is 106. The zero-order chi connectivity index (χ0) is 105. The fourth-order valence-electron chi connectivity index (χ4n) is 14.8. The van der Waals surface area contributed by atoms with Crippen LogP contribution in [-0.4, -0.2) is 145 Å². The minimum Gasteiger partial charge on any atom is -0.497 e. The van der Waals surface area contributed by atoms with Crippen molar-refractivity contribution in [2.75, 3.05) is 78.0 Å². The number of aromatic nitrogens is 19. The third-order valence-corrected chi connectivity index (χ3v) is 21.5. The van der Waals surface area contributed by atoms with Crippen molar-refractivity contribution in [2.45, 2.75) is 151 Å². The van der Waals surface area contributed by atoms with Gasteiger partial charge in [-0.3, -0.25) is 4.98 Å². The summed E-state index contributed by atoms with van der Waals surface area (Å²) < 4.78 is 37.8. The Bertz CT molecular complexity index is 7170. The summed E-state index contributed by atoms with van der Waals surface area (Å²) in [5.74, 6) is 9.35. The molecule has 760 valence electrons. The van der Waals surface area contributed by atoms with Gasteiger partial charge >= 0.3 is 0 Å². The van der Waals surface area contributed by atoms with E-state index >= 15 is 0 Å². The third kappa shape index (κ3) is 34.2. The molecule has 19 rings (SSSR count). The summed E-state index contributed by atoms with van der Waals surface area (Å²) >= 11 is 0. The highest BCUT2D eigenvalue weighted by Gasteiger charge is 2.22. The van der Waals surface area contributed by atoms with Crippen molar-refractivity contribution in [3.05, 3.63) is 345 Å². The first-order valence-corrected chi connectivity index (χ1v) is 49.2. The molecule has 7 heterocycles. The first-order chi connectivity index (χ1) is 72.4. The summed E-state index contributed by atoms with van der Waals surface area (Å²) in [6.07, 6.45) is 9.67. The molecule has 0 amide bonds. The normalized spacial score (nSPS) is 11.4. The van der Waals surface area contributed by atoms with Gasteiger partial charge in [0.25, 0.3) is 0 Å². The number of hydrogen-bond acceptors (Lipinski definition) is 33. The molecule has 149 heavy (non-hydrogen) atoms. The molecule has 12 N–H and O–H groups in total. The van der Waals surface area contributed by atoms with Gasteiger partial charge in [-0.1, -0.05) is 189 Å². The summed E-state index contributed by atoms with van der Waals surface area (Å²) in [5.41, 5.74) is 12.5. The zero-order valence-corrected chi connectivity index (χ0v) is 85.7. The van der Waals surface area contributed by atoms with Gasteiger partial charge in [0.15, 0.2) is 34.9 Å². The van der Waals surface area contributed by atoms with Crippen molar-refractivity contribution >= 4 is 106 Å². The lowest BCUT2D eigenvalue weighted by Gasteiger charge is -2.23. The molecule has 1 aliphatic rings. The highest BCUT2D eigenvalue weighted by Crippen LogP contribution is 2.33. The van der Waals surface area contributed by atoms with E-state index in [2.05, 4.69) is 198 Å². The quantitative estimate of drug-likeness (QED) is 0.0186. The van der Waals surface area contributed by atoms with Gasteiger partial charge in [-0.2, -0.15) is 89.7 Å². The average Bonchev–Trinajstić information content (AvgIpc) is 0.803. The molecule has 1 aliphatic carbocycles. The van der Waals surface area contributed by atoms with E-state index in [1.165, 1.54) is 44.2 Å². The number of methoxy groups -OCH3 is 2. The van der Waals surface area contributed by atoms with Crippen LogP contribution >= 0.6 is 0 Å². The number of nitrogens with one attached hydrogen (secondary N) is 12. The van der Waals surface area contributed by atoms with E-state index < -0.39 is 11.6 Å². The van der Waals surface area contributed by atoms with Crippen LogP contribution in [0, 0.1) is 25.5 Å². The molecule has 35 heteroatoms. The van der Waals surface area contributed by atoms with Gasteiger partial charge in [0.05, 0.1) is 19.8 Å². The monoisotopic (exact) mass is 2000 g/mol. The Balaban J connectivity index is 0.000000141. The first-order valence-electron chi connectivity index (χ1n) is 49.2. The fourth-order valence-corrected chi connectivity index (χ4v) is 14.8. The molecule has 0 spiro atoms. The van der Waals surface area contributed by atoms with Gasteiger partial charge in [-0.25, -0.2) is 8.78 Å². The topological polar surface area (TPSA) is 408 Å². The maximum absolute atomic E-state index is 14.1. The Kier molecular flexibility index (Phi) is 38.9. The maximum Gasteiger partial charge on any atom is 0.232 e. The van der Waals surface area contributed by atoms with Gasteiger partial charge in [0.2, 0.25) is 71.4 Å². The van der Waals surface area contributed by atoms with Gasteiger partial charge in [-0.05, 0) is 241 Å². The van der Waals surface area contributed by atoms with E-state index in [1.807, 2.05) is 334 Å². The molecule has 0 unspecified atom stereocenters. The molecule has 18 aromatic rings. The summed E-state index contributed by atoms with van der Waals surface area (Å²) in [4.78, 5) is 85.1. The molecular weight excluding hydrogens is 1870 g/mol. The predicted molar refractivity (Wildman–Crippen MR) is 595 cm³/mol. The molecule has 7 aromatic heterocycles. The van der Waals surface area contributed by atoms with E-state index in [1.54, 1.807) is 26.6 Å². The van der Waals surface area contributed by atoms with Crippen molar-refractivity contribution in [1.29, 1.82) is 0 Å². The lowest BCUT2D eigenvalue weighted by Crippen LogP contribution is -2.24. The molecule has 1 fully saturated rings. The molecule has 0 radical (unpaired) electrons.